The number of Topliss-reactive ketones (excluding diaryl/α,β-unsaturated/α-hetero) is 1. The number of anilines is 1. The summed E-state index contributed by atoms with van der Waals surface area (Å²) in [6, 6.07) is 17.6. The molecular weight excluding hydrogens is 490 g/mol. The molecule has 0 aliphatic carbocycles. The lowest BCUT2D eigenvalue weighted by atomic mass is 10.00. The Morgan fingerprint density at radius 3 is 2.62 bits per heavy atom. The van der Waals surface area contributed by atoms with Crippen LogP contribution in [-0.4, -0.2) is 16.8 Å². The van der Waals surface area contributed by atoms with Crippen LogP contribution in [0.1, 0.15) is 34.0 Å². The van der Waals surface area contributed by atoms with Gasteiger partial charge in [0.25, 0.3) is 5.91 Å². The normalized spacial score (nSPS) is 16.4. The Bertz CT molecular complexity index is 1370. The second kappa shape index (κ2) is 8.07. The molecule has 32 heavy (non-hydrogen) atoms. The van der Waals surface area contributed by atoms with E-state index in [9.17, 15) is 14.7 Å². The molecule has 4 aromatic rings. The smallest absolute Gasteiger partial charge is 0.294 e. The van der Waals surface area contributed by atoms with E-state index in [1.165, 1.54) is 16.2 Å². The highest BCUT2D eigenvalue weighted by Gasteiger charge is 2.45. The van der Waals surface area contributed by atoms with Crippen molar-refractivity contribution in [3.63, 3.8) is 0 Å². The number of amides is 1. The number of rotatable bonds is 5. The van der Waals surface area contributed by atoms with E-state index in [-0.39, 0.29) is 11.3 Å². The first-order chi connectivity index (χ1) is 15.5. The molecule has 0 fully saturated rings. The number of aliphatic hydroxyl groups is 1. The van der Waals surface area contributed by atoms with Crippen LogP contribution >= 0.6 is 27.3 Å². The van der Waals surface area contributed by atoms with Gasteiger partial charge in [-0.3, -0.25) is 14.5 Å². The van der Waals surface area contributed by atoms with E-state index < -0.39 is 23.5 Å². The molecule has 2 aromatic heterocycles. The van der Waals surface area contributed by atoms with Gasteiger partial charge in [0.1, 0.15) is 11.6 Å². The van der Waals surface area contributed by atoms with E-state index in [0.717, 1.165) is 26.7 Å². The molecule has 5 nitrogen and oxygen atoms in total. The van der Waals surface area contributed by atoms with Gasteiger partial charge < -0.3 is 9.52 Å². The van der Waals surface area contributed by atoms with Gasteiger partial charge >= 0.3 is 0 Å². The van der Waals surface area contributed by atoms with Crippen LogP contribution in [0.3, 0.4) is 0 Å². The van der Waals surface area contributed by atoms with Crippen molar-refractivity contribution in [1.29, 1.82) is 0 Å². The van der Waals surface area contributed by atoms with E-state index in [0.29, 0.717) is 11.3 Å². The number of benzene rings is 2. The molecule has 1 N–H and O–H groups in total. The van der Waals surface area contributed by atoms with Crippen LogP contribution in [0, 0.1) is 0 Å². The first kappa shape index (κ1) is 20.7. The fraction of sp³-hybridized carbons (Fsp3) is 0.120. The molecular formula is C25H18BrNO4S. The van der Waals surface area contributed by atoms with Crippen molar-refractivity contribution in [2.24, 2.45) is 0 Å². The zero-order valence-electron chi connectivity index (χ0n) is 17.0. The second-order valence-corrected chi connectivity index (χ2v) is 9.39. The lowest BCUT2D eigenvalue weighted by Gasteiger charge is -2.25. The van der Waals surface area contributed by atoms with Gasteiger partial charge in [-0.1, -0.05) is 41.1 Å². The number of halogens is 1. The van der Waals surface area contributed by atoms with Gasteiger partial charge in [0, 0.05) is 20.4 Å². The van der Waals surface area contributed by atoms with E-state index in [4.69, 9.17) is 4.42 Å². The summed E-state index contributed by atoms with van der Waals surface area (Å²) < 4.78 is 6.64. The lowest BCUT2D eigenvalue weighted by Crippen LogP contribution is -2.30. The fourth-order valence-corrected chi connectivity index (χ4v) is 5.17. The summed E-state index contributed by atoms with van der Waals surface area (Å²) in [5.74, 6) is -1.57. The maximum absolute atomic E-state index is 13.5. The number of aliphatic hydroxyl groups excluding tert-OH is 1. The van der Waals surface area contributed by atoms with E-state index in [2.05, 4.69) is 22.9 Å². The van der Waals surface area contributed by atoms with Crippen molar-refractivity contribution in [3.05, 3.63) is 98.0 Å². The number of furan rings is 1. The number of nitrogens with zero attached hydrogens (tertiary/aromatic N) is 1. The Morgan fingerprint density at radius 2 is 1.94 bits per heavy atom. The molecule has 0 radical (unpaired) electrons. The molecule has 3 heterocycles. The predicted molar refractivity (Wildman–Crippen MR) is 128 cm³/mol. The summed E-state index contributed by atoms with van der Waals surface area (Å²) in [6.45, 7) is 2.06. The summed E-state index contributed by atoms with van der Waals surface area (Å²) in [5, 5.41) is 13.5. The Kier molecular flexibility index (Phi) is 5.23. The number of thiophene rings is 1. The maximum atomic E-state index is 13.5. The number of carbonyl (C=O) groups excluding carboxylic acids is 2. The summed E-state index contributed by atoms with van der Waals surface area (Å²) in [7, 11) is 0. The van der Waals surface area contributed by atoms with Crippen LogP contribution < -0.4 is 4.90 Å². The molecule has 1 aliphatic heterocycles. The summed E-state index contributed by atoms with van der Waals surface area (Å²) in [4.78, 5) is 29.0. The minimum Gasteiger partial charge on any atom is -0.503 e. The van der Waals surface area contributed by atoms with Crippen LogP contribution in [0.2, 0.25) is 0 Å². The minimum atomic E-state index is -0.734. The highest BCUT2D eigenvalue weighted by molar-refractivity contribution is 9.10. The van der Waals surface area contributed by atoms with Crippen molar-refractivity contribution in [2.45, 2.75) is 19.4 Å². The molecule has 1 atom stereocenters. The SMILES string of the molecule is CCc1ccc(N2C(=O)C(O)=C(C(=O)c3cc4cc(Br)ccc4o3)C2c2cccs2)cc1. The van der Waals surface area contributed by atoms with Gasteiger partial charge in [0.05, 0.1) is 5.57 Å². The van der Waals surface area contributed by atoms with Crippen LogP contribution in [0.25, 0.3) is 11.0 Å². The van der Waals surface area contributed by atoms with Crippen LogP contribution in [0.4, 0.5) is 5.69 Å². The number of hydrogen-bond acceptors (Lipinski definition) is 5. The highest BCUT2D eigenvalue weighted by atomic mass is 79.9. The molecule has 5 rings (SSSR count). The summed E-state index contributed by atoms with van der Waals surface area (Å²) in [5.41, 5.74) is 2.33. The second-order valence-electron chi connectivity index (χ2n) is 7.50. The lowest BCUT2D eigenvalue weighted by molar-refractivity contribution is -0.117. The topological polar surface area (TPSA) is 70.8 Å². The Hall–Kier alpha value is -3.16. The largest absolute Gasteiger partial charge is 0.503 e. The summed E-state index contributed by atoms with van der Waals surface area (Å²) in [6.07, 6.45) is 0.873. The van der Waals surface area contributed by atoms with Crippen LogP contribution in [-0.2, 0) is 11.2 Å². The Labute approximate surface area is 196 Å². The average molecular weight is 508 g/mol. The van der Waals surface area contributed by atoms with Crippen molar-refractivity contribution < 1.29 is 19.1 Å². The third-order valence-electron chi connectivity index (χ3n) is 5.59. The van der Waals surface area contributed by atoms with E-state index >= 15 is 0 Å². The van der Waals surface area contributed by atoms with Crippen molar-refractivity contribution in [2.75, 3.05) is 4.90 Å². The molecule has 7 heteroatoms. The molecule has 1 aliphatic rings. The number of ketones is 1. The Balaban J connectivity index is 1.61. The first-order valence-corrected chi connectivity index (χ1v) is 11.8. The molecule has 160 valence electrons. The number of hydrogen-bond donors (Lipinski definition) is 1. The highest BCUT2D eigenvalue weighted by Crippen LogP contribution is 2.43. The van der Waals surface area contributed by atoms with E-state index in [1.807, 2.05) is 53.9 Å². The quantitative estimate of drug-likeness (QED) is 0.309. The van der Waals surface area contributed by atoms with Gasteiger partial charge in [-0.25, -0.2) is 0 Å². The minimum absolute atomic E-state index is 0.0233. The molecule has 0 spiro atoms. The monoisotopic (exact) mass is 507 g/mol. The number of carbonyl (C=O) groups is 2. The van der Waals surface area contributed by atoms with Crippen molar-refractivity contribution >= 4 is 55.6 Å². The fourth-order valence-electron chi connectivity index (χ4n) is 3.97. The first-order valence-electron chi connectivity index (χ1n) is 10.1. The molecule has 0 saturated carbocycles. The van der Waals surface area contributed by atoms with Gasteiger partial charge in [-0.2, -0.15) is 0 Å². The van der Waals surface area contributed by atoms with Crippen LogP contribution in [0.5, 0.6) is 0 Å². The van der Waals surface area contributed by atoms with Gasteiger partial charge in [-0.15, -0.1) is 11.3 Å². The zero-order valence-corrected chi connectivity index (χ0v) is 19.4. The summed E-state index contributed by atoms with van der Waals surface area (Å²) >= 11 is 4.84. The molecule has 1 amide bonds. The third kappa shape index (κ3) is 3.38. The number of aryl methyl sites for hydroxylation is 1. The Morgan fingerprint density at radius 1 is 1.16 bits per heavy atom. The zero-order chi connectivity index (χ0) is 22.4. The van der Waals surface area contributed by atoms with Crippen molar-refractivity contribution in [1.82, 2.24) is 0 Å². The average Bonchev–Trinajstić information content (AvgIpc) is 3.52. The molecule has 0 saturated heterocycles. The predicted octanol–water partition coefficient (Wildman–Crippen LogP) is 6.60. The van der Waals surface area contributed by atoms with E-state index in [1.54, 1.807) is 12.1 Å². The molecule has 0 bridgehead atoms. The van der Waals surface area contributed by atoms with Gasteiger partial charge in [0.15, 0.2) is 11.5 Å². The van der Waals surface area contributed by atoms with Crippen molar-refractivity contribution in [3.8, 4) is 0 Å². The maximum Gasteiger partial charge on any atom is 0.294 e. The standard InChI is InChI=1S/C25H18BrNO4S/c1-2-14-5-8-17(9-6-14)27-22(20-4-3-11-32-20)21(24(29)25(27)30)23(28)19-13-15-12-16(26)7-10-18(15)31-19/h3-13,22,29H,2H2,1H3. The number of fused-ring (bicyclic) bond motifs is 1. The molecule has 2 aromatic carbocycles. The molecule has 1 unspecified atom stereocenters. The van der Waals surface area contributed by atoms with Gasteiger partial charge in [-0.05, 0) is 59.8 Å². The van der Waals surface area contributed by atoms with Gasteiger partial charge in [0.2, 0.25) is 5.78 Å². The third-order valence-corrected chi connectivity index (χ3v) is 7.01. The van der Waals surface area contributed by atoms with Crippen LogP contribution in [0.15, 0.2) is 86.3 Å².